The summed E-state index contributed by atoms with van der Waals surface area (Å²) in [6.45, 7) is 0. The third-order valence-corrected chi connectivity index (χ3v) is 3.85. The zero-order valence-corrected chi connectivity index (χ0v) is 11.2. The lowest BCUT2D eigenvalue weighted by Gasteiger charge is -2.04. The van der Waals surface area contributed by atoms with Crippen LogP contribution in [0.5, 0.6) is 0 Å². The molecule has 0 atom stereocenters. The number of benzene rings is 1. The lowest BCUT2D eigenvalue weighted by molar-refractivity contribution is -0.387. The van der Waals surface area contributed by atoms with E-state index in [1.165, 1.54) is 23.9 Å². The molecule has 1 rings (SSSR count). The number of nitrogens with zero attached hydrogens (tertiary/aromatic N) is 1. The molecular formula is C9H8Cl3NO2S. The number of rotatable bonds is 5. The van der Waals surface area contributed by atoms with Gasteiger partial charge in [0.15, 0.2) is 0 Å². The Morgan fingerprint density at radius 2 is 1.94 bits per heavy atom. The Morgan fingerprint density at radius 3 is 2.50 bits per heavy atom. The van der Waals surface area contributed by atoms with E-state index in [1.807, 2.05) is 0 Å². The third-order valence-electron chi connectivity index (χ3n) is 1.73. The van der Waals surface area contributed by atoms with Crippen molar-refractivity contribution in [2.24, 2.45) is 0 Å². The molecule has 0 radical (unpaired) electrons. The van der Waals surface area contributed by atoms with E-state index in [0.29, 0.717) is 21.6 Å². The molecule has 0 saturated heterocycles. The van der Waals surface area contributed by atoms with Gasteiger partial charge < -0.3 is 0 Å². The largest absolute Gasteiger partial charge is 0.284 e. The molecule has 7 heteroatoms. The topological polar surface area (TPSA) is 43.1 Å². The van der Waals surface area contributed by atoms with Gasteiger partial charge in [-0.25, -0.2) is 0 Å². The van der Waals surface area contributed by atoms with Crippen molar-refractivity contribution >= 4 is 52.3 Å². The second-order valence-corrected chi connectivity index (χ2v) is 5.21. The summed E-state index contributed by atoms with van der Waals surface area (Å²) in [5, 5.41) is 11.3. The van der Waals surface area contributed by atoms with Crippen LogP contribution in [0.2, 0.25) is 10.0 Å². The maximum atomic E-state index is 10.8. The molecule has 1 aromatic carbocycles. The molecule has 0 heterocycles. The van der Waals surface area contributed by atoms with Gasteiger partial charge in [-0.15, -0.1) is 23.4 Å². The normalized spacial score (nSPS) is 10.4. The van der Waals surface area contributed by atoms with Crippen LogP contribution in [0.4, 0.5) is 5.69 Å². The fourth-order valence-corrected chi connectivity index (χ4v) is 2.68. The molecule has 0 amide bonds. The van der Waals surface area contributed by atoms with Crippen LogP contribution in [-0.4, -0.2) is 16.6 Å². The van der Waals surface area contributed by atoms with Gasteiger partial charge in [-0.3, -0.25) is 10.1 Å². The summed E-state index contributed by atoms with van der Waals surface area (Å²) in [6, 6.07) is 2.79. The molecular weight excluding hydrogens is 293 g/mol. The van der Waals surface area contributed by atoms with Crippen LogP contribution < -0.4 is 0 Å². The van der Waals surface area contributed by atoms with E-state index in [0.717, 1.165) is 6.42 Å². The Kier molecular flexibility index (Phi) is 5.69. The SMILES string of the molecule is O=[N+]([O-])c1cc(Cl)c(Cl)cc1SCCCCl. The van der Waals surface area contributed by atoms with Gasteiger partial charge in [-0.05, 0) is 18.2 Å². The molecule has 1 aromatic rings. The van der Waals surface area contributed by atoms with Crippen molar-refractivity contribution in [1.82, 2.24) is 0 Å². The number of nitro benzene ring substituents is 1. The van der Waals surface area contributed by atoms with Crippen molar-refractivity contribution < 1.29 is 4.92 Å². The van der Waals surface area contributed by atoms with Gasteiger partial charge in [0.25, 0.3) is 5.69 Å². The van der Waals surface area contributed by atoms with Gasteiger partial charge in [0.2, 0.25) is 0 Å². The minimum Gasteiger partial charge on any atom is -0.258 e. The lowest BCUT2D eigenvalue weighted by Crippen LogP contribution is -1.92. The zero-order chi connectivity index (χ0) is 12.1. The van der Waals surface area contributed by atoms with Crippen molar-refractivity contribution in [3.63, 3.8) is 0 Å². The summed E-state index contributed by atoms with van der Waals surface area (Å²) < 4.78 is 0. The molecule has 0 saturated carbocycles. The quantitative estimate of drug-likeness (QED) is 0.262. The minimum absolute atomic E-state index is 0.0195. The second kappa shape index (κ2) is 6.55. The van der Waals surface area contributed by atoms with Gasteiger partial charge in [-0.2, -0.15) is 0 Å². The fraction of sp³-hybridized carbons (Fsp3) is 0.333. The molecule has 0 aromatic heterocycles. The van der Waals surface area contributed by atoms with E-state index in [-0.39, 0.29) is 10.7 Å². The van der Waals surface area contributed by atoms with Crippen molar-refractivity contribution in [2.75, 3.05) is 11.6 Å². The average Bonchev–Trinajstić information content (AvgIpc) is 2.23. The molecule has 3 nitrogen and oxygen atoms in total. The Bertz CT molecular complexity index is 401. The van der Waals surface area contributed by atoms with Crippen LogP contribution >= 0.6 is 46.6 Å². The van der Waals surface area contributed by atoms with Crippen LogP contribution in [0.1, 0.15) is 6.42 Å². The highest BCUT2D eigenvalue weighted by molar-refractivity contribution is 7.99. The molecule has 0 aliphatic carbocycles. The molecule has 0 fully saturated rings. The number of thioether (sulfide) groups is 1. The second-order valence-electron chi connectivity index (χ2n) is 2.88. The van der Waals surface area contributed by atoms with Gasteiger partial charge in [0.05, 0.1) is 19.9 Å². The summed E-state index contributed by atoms with van der Waals surface area (Å²) in [7, 11) is 0. The van der Waals surface area contributed by atoms with Gasteiger partial charge >= 0.3 is 0 Å². The number of hydrogen-bond donors (Lipinski definition) is 0. The molecule has 0 aliphatic heterocycles. The van der Waals surface area contributed by atoms with E-state index in [1.54, 1.807) is 0 Å². The van der Waals surface area contributed by atoms with E-state index in [9.17, 15) is 10.1 Å². The number of nitro groups is 1. The monoisotopic (exact) mass is 299 g/mol. The maximum absolute atomic E-state index is 10.8. The van der Waals surface area contributed by atoms with Crippen molar-refractivity contribution in [2.45, 2.75) is 11.3 Å². The smallest absolute Gasteiger partial charge is 0.258 e. The molecule has 0 N–H and O–H groups in total. The van der Waals surface area contributed by atoms with Crippen molar-refractivity contribution in [1.29, 1.82) is 0 Å². The summed E-state index contributed by atoms with van der Waals surface area (Å²) >= 11 is 18.4. The van der Waals surface area contributed by atoms with E-state index < -0.39 is 4.92 Å². The first-order valence-electron chi connectivity index (χ1n) is 4.38. The lowest BCUT2D eigenvalue weighted by atomic mass is 10.3. The Morgan fingerprint density at radius 1 is 1.31 bits per heavy atom. The van der Waals surface area contributed by atoms with Gasteiger partial charge in [0.1, 0.15) is 0 Å². The van der Waals surface area contributed by atoms with Crippen molar-refractivity contribution in [3.8, 4) is 0 Å². The molecule has 0 spiro atoms. The van der Waals surface area contributed by atoms with Crippen LogP contribution in [-0.2, 0) is 0 Å². The summed E-state index contributed by atoms with van der Waals surface area (Å²) in [6.07, 6.45) is 0.781. The Balaban J connectivity index is 2.95. The molecule has 0 bridgehead atoms. The van der Waals surface area contributed by atoms with Crippen LogP contribution in [0.3, 0.4) is 0 Å². The number of alkyl halides is 1. The maximum Gasteiger partial charge on any atom is 0.284 e. The first-order valence-corrected chi connectivity index (χ1v) is 6.66. The highest BCUT2D eigenvalue weighted by Gasteiger charge is 2.16. The first kappa shape index (κ1) is 13.9. The summed E-state index contributed by atoms with van der Waals surface area (Å²) in [5.41, 5.74) is -0.0195. The predicted molar refractivity (Wildman–Crippen MR) is 69.2 cm³/mol. The molecule has 0 unspecified atom stereocenters. The Labute approximate surface area is 112 Å². The van der Waals surface area contributed by atoms with Crippen molar-refractivity contribution in [3.05, 3.63) is 32.3 Å². The Hall–Kier alpha value is -0.160. The van der Waals surface area contributed by atoms with E-state index >= 15 is 0 Å². The van der Waals surface area contributed by atoms with E-state index in [2.05, 4.69) is 0 Å². The highest BCUT2D eigenvalue weighted by Crippen LogP contribution is 2.36. The fourth-order valence-electron chi connectivity index (χ4n) is 1.01. The standard InChI is InChI=1S/C9H8Cl3NO2S/c10-2-1-3-16-9-5-7(12)6(11)4-8(9)13(14)15/h4-5H,1-3H2. The van der Waals surface area contributed by atoms with Gasteiger partial charge in [0, 0.05) is 11.9 Å². The van der Waals surface area contributed by atoms with E-state index in [4.69, 9.17) is 34.8 Å². The zero-order valence-electron chi connectivity index (χ0n) is 8.08. The minimum atomic E-state index is -0.467. The number of halogens is 3. The van der Waals surface area contributed by atoms with Crippen LogP contribution in [0, 0.1) is 10.1 Å². The predicted octanol–water partition coefficient (Wildman–Crippen LogP) is 4.62. The summed E-state index contributed by atoms with van der Waals surface area (Å²) in [5.74, 6) is 1.24. The molecule has 0 aliphatic rings. The van der Waals surface area contributed by atoms with Gasteiger partial charge in [-0.1, -0.05) is 23.2 Å². The third kappa shape index (κ3) is 3.70. The van der Waals surface area contributed by atoms with Crippen LogP contribution in [0.25, 0.3) is 0 Å². The molecule has 16 heavy (non-hydrogen) atoms. The summed E-state index contributed by atoms with van der Waals surface area (Å²) in [4.78, 5) is 10.8. The number of hydrogen-bond acceptors (Lipinski definition) is 3. The first-order chi connectivity index (χ1) is 7.56. The highest BCUT2D eigenvalue weighted by atomic mass is 35.5. The van der Waals surface area contributed by atoms with Crippen LogP contribution in [0.15, 0.2) is 17.0 Å². The average molecular weight is 301 g/mol. The molecule has 88 valence electrons.